The van der Waals surface area contributed by atoms with Gasteiger partial charge in [-0.15, -0.1) is 11.3 Å². The van der Waals surface area contributed by atoms with Gasteiger partial charge in [0.1, 0.15) is 10.6 Å². The normalized spacial score (nSPS) is 10.2. The summed E-state index contributed by atoms with van der Waals surface area (Å²) in [6.45, 7) is 2.14. The first-order chi connectivity index (χ1) is 9.97. The number of aryl methyl sites for hydroxylation is 1. The molecule has 0 bridgehead atoms. The van der Waals surface area contributed by atoms with Crippen molar-refractivity contribution in [3.05, 3.63) is 44.9 Å². The lowest BCUT2D eigenvalue weighted by atomic mass is 10.2. The monoisotopic (exact) mass is 325 g/mol. The van der Waals surface area contributed by atoms with E-state index in [4.69, 9.17) is 16.7 Å². The number of benzene rings is 1. The Bertz CT molecular complexity index is 687. The topological polar surface area (TPSA) is 91.3 Å². The van der Waals surface area contributed by atoms with Crippen LogP contribution in [0, 0.1) is 6.92 Å². The highest BCUT2D eigenvalue weighted by Gasteiger charge is 2.16. The van der Waals surface area contributed by atoms with Gasteiger partial charge >= 0.3 is 12.0 Å². The van der Waals surface area contributed by atoms with E-state index in [-0.39, 0.29) is 22.8 Å². The van der Waals surface area contributed by atoms with E-state index in [0.29, 0.717) is 0 Å². The van der Waals surface area contributed by atoms with Gasteiger partial charge in [-0.1, -0.05) is 17.7 Å². The average molecular weight is 326 g/mol. The highest BCUT2D eigenvalue weighted by Crippen LogP contribution is 2.24. The van der Waals surface area contributed by atoms with Crippen LogP contribution in [0.25, 0.3) is 0 Å². The second kappa shape index (κ2) is 6.55. The zero-order chi connectivity index (χ0) is 15.4. The van der Waals surface area contributed by atoms with E-state index in [1.165, 1.54) is 23.5 Å². The molecule has 0 aliphatic carbocycles. The summed E-state index contributed by atoms with van der Waals surface area (Å²) < 4.78 is 0. The van der Waals surface area contributed by atoms with Crippen LogP contribution in [0.1, 0.15) is 21.1 Å². The Labute approximate surface area is 129 Å². The third-order valence-corrected chi connectivity index (χ3v) is 3.82. The molecule has 110 valence electrons. The number of amides is 2. The second-order valence-electron chi connectivity index (χ2n) is 4.16. The van der Waals surface area contributed by atoms with Crippen LogP contribution >= 0.6 is 22.9 Å². The molecule has 1 heterocycles. The summed E-state index contributed by atoms with van der Waals surface area (Å²) in [6.07, 6.45) is 0. The molecule has 0 spiro atoms. The highest BCUT2D eigenvalue weighted by atomic mass is 35.5. The smallest absolute Gasteiger partial charge is 0.339 e. The summed E-state index contributed by atoms with van der Waals surface area (Å²) in [5.74, 6) is -1.20. The van der Waals surface area contributed by atoms with E-state index >= 15 is 0 Å². The third kappa shape index (κ3) is 3.93. The number of hydrogen-bond donors (Lipinski definition) is 3. The number of nitrogens with zero attached hydrogens (tertiary/aromatic N) is 1. The SMILES string of the molecule is Cc1csc(CNC(=O)Nc2cccc(Cl)c2C(=O)O)n1. The fourth-order valence-corrected chi connectivity index (χ4v) is 2.62. The van der Waals surface area contributed by atoms with Gasteiger partial charge in [-0.3, -0.25) is 0 Å². The van der Waals surface area contributed by atoms with Crippen molar-refractivity contribution in [2.75, 3.05) is 5.32 Å². The number of anilines is 1. The van der Waals surface area contributed by atoms with Gasteiger partial charge in [0.05, 0.1) is 17.3 Å². The summed E-state index contributed by atoms with van der Waals surface area (Å²) >= 11 is 7.26. The van der Waals surface area contributed by atoms with Gasteiger partial charge in [0.2, 0.25) is 0 Å². The zero-order valence-electron chi connectivity index (χ0n) is 11.0. The minimum absolute atomic E-state index is 0.0656. The van der Waals surface area contributed by atoms with Crippen LogP contribution in [0.5, 0.6) is 0 Å². The van der Waals surface area contributed by atoms with Crippen LogP contribution in [0.4, 0.5) is 10.5 Å². The minimum Gasteiger partial charge on any atom is -0.478 e. The van der Waals surface area contributed by atoms with E-state index in [1.807, 2.05) is 12.3 Å². The number of urea groups is 1. The summed E-state index contributed by atoms with van der Waals surface area (Å²) in [7, 11) is 0. The maximum atomic E-state index is 11.8. The Morgan fingerprint density at radius 3 is 2.81 bits per heavy atom. The van der Waals surface area contributed by atoms with Crippen LogP contribution in [0.3, 0.4) is 0 Å². The maximum absolute atomic E-state index is 11.8. The van der Waals surface area contributed by atoms with Gasteiger partial charge in [0.15, 0.2) is 0 Å². The number of carbonyl (C=O) groups excluding carboxylic acids is 1. The van der Waals surface area contributed by atoms with Crippen molar-refractivity contribution in [1.82, 2.24) is 10.3 Å². The molecule has 2 rings (SSSR count). The number of hydrogen-bond acceptors (Lipinski definition) is 4. The van der Waals surface area contributed by atoms with E-state index in [1.54, 1.807) is 6.07 Å². The second-order valence-corrected chi connectivity index (χ2v) is 5.51. The summed E-state index contributed by atoms with van der Waals surface area (Å²) in [6, 6.07) is 3.97. The molecule has 6 nitrogen and oxygen atoms in total. The molecule has 1 aromatic carbocycles. The number of aromatic nitrogens is 1. The van der Waals surface area contributed by atoms with Crippen LogP contribution in [-0.2, 0) is 6.54 Å². The molecule has 0 unspecified atom stereocenters. The van der Waals surface area contributed by atoms with Gasteiger partial charge in [0, 0.05) is 11.1 Å². The molecular formula is C13H12ClN3O3S. The molecule has 0 fully saturated rings. The average Bonchev–Trinajstić information content (AvgIpc) is 2.82. The first-order valence-corrected chi connectivity index (χ1v) is 7.21. The largest absolute Gasteiger partial charge is 0.478 e. The molecule has 3 N–H and O–H groups in total. The van der Waals surface area contributed by atoms with Crippen LogP contribution in [0.2, 0.25) is 5.02 Å². The Balaban J connectivity index is 2.03. The predicted octanol–water partition coefficient (Wildman–Crippen LogP) is 3.12. The number of rotatable bonds is 4. The van der Waals surface area contributed by atoms with Crippen molar-refractivity contribution in [3.8, 4) is 0 Å². The predicted molar refractivity (Wildman–Crippen MR) is 81.1 cm³/mol. The Kier molecular flexibility index (Phi) is 4.77. The Morgan fingerprint density at radius 1 is 1.43 bits per heavy atom. The standard InChI is InChI=1S/C13H12ClN3O3S/c1-7-6-21-10(16-7)5-15-13(20)17-9-4-2-3-8(14)11(9)12(18)19/h2-4,6H,5H2,1H3,(H,18,19)(H2,15,17,20). The number of carboxylic acid groups (broad SMARTS) is 1. The van der Waals surface area contributed by atoms with Crippen molar-refractivity contribution >= 4 is 40.6 Å². The van der Waals surface area contributed by atoms with Gasteiger partial charge in [0.25, 0.3) is 0 Å². The van der Waals surface area contributed by atoms with Crippen LogP contribution < -0.4 is 10.6 Å². The lowest BCUT2D eigenvalue weighted by molar-refractivity contribution is 0.0698. The molecule has 0 saturated carbocycles. The molecule has 0 atom stereocenters. The van der Waals surface area contributed by atoms with E-state index in [2.05, 4.69) is 15.6 Å². The molecule has 0 saturated heterocycles. The molecule has 1 aromatic heterocycles. The first kappa shape index (κ1) is 15.3. The minimum atomic E-state index is -1.20. The van der Waals surface area contributed by atoms with Gasteiger partial charge in [-0.05, 0) is 19.1 Å². The number of nitrogens with one attached hydrogen (secondary N) is 2. The summed E-state index contributed by atoms with van der Waals surface area (Å²) in [5, 5.41) is 16.9. The maximum Gasteiger partial charge on any atom is 0.339 e. The molecule has 0 aliphatic rings. The van der Waals surface area contributed by atoms with Crippen molar-refractivity contribution in [3.63, 3.8) is 0 Å². The van der Waals surface area contributed by atoms with Crippen molar-refractivity contribution < 1.29 is 14.7 Å². The highest BCUT2D eigenvalue weighted by molar-refractivity contribution is 7.09. The summed E-state index contributed by atoms with van der Waals surface area (Å²) in [5.41, 5.74) is 0.891. The Morgan fingerprint density at radius 2 is 2.19 bits per heavy atom. The molecule has 2 aromatic rings. The molecule has 0 radical (unpaired) electrons. The fraction of sp³-hybridized carbons (Fsp3) is 0.154. The number of aromatic carboxylic acids is 1. The van der Waals surface area contributed by atoms with E-state index in [0.717, 1.165) is 10.7 Å². The lowest BCUT2D eigenvalue weighted by Crippen LogP contribution is -2.29. The zero-order valence-corrected chi connectivity index (χ0v) is 12.6. The third-order valence-electron chi connectivity index (χ3n) is 2.54. The van der Waals surface area contributed by atoms with Gasteiger partial charge < -0.3 is 15.7 Å². The van der Waals surface area contributed by atoms with Gasteiger partial charge in [-0.25, -0.2) is 14.6 Å². The molecular weight excluding hydrogens is 314 g/mol. The number of halogens is 1. The molecule has 2 amide bonds. The molecule has 8 heteroatoms. The number of carbonyl (C=O) groups is 2. The summed E-state index contributed by atoms with van der Waals surface area (Å²) in [4.78, 5) is 27.1. The van der Waals surface area contributed by atoms with Gasteiger partial charge in [-0.2, -0.15) is 0 Å². The molecule has 0 aliphatic heterocycles. The van der Waals surface area contributed by atoms with Crippen molar-refractivity contribution in [2.24, 2.45) is 0 Å². The first-order valence-electron chi connectivity index (χ1n) is 5.95. The Hall–Kier alpha value is -2.12. The quantitative estimate of drug-likeness (QED) is 0.805. The van der Waals surface area contributed by atoms with Crippen molar-refractivity contribution in [2.45, 2.75) is 13.5 Å². The van der Waals surface area contributed by atoms with Crippen LogP contribution in [-0.4, -0.2) is 22.1 Å². The fourth-order valence-electron chi connectivity index (χ4n) is 1.65. The van der Waals surface area contributed by atoms with E-state index < -0.39 is 12.0 Å². The lowest BCUT2D eigenvalue weighted by Gasteiger charge is -2.10. The van der Waals surface area contributed by atoms with E-state index in [9.17, 15) is 9.59 Å². The van der Waals surface area contributed by atoms with Crippen LogP contribution in [0.15, 0.2) is 23.6 Å². The van der Waals surface area contributed by atoms with Crippen molar-refractivity contribution in [1.29, 1.82) is 0 Å². The molecule has 21 heavy (non-hydrogen) atoms. The number of carboxylic acids is 1. The number of thiazole rings is 1.